The molecule has 7 heavy (non-hydrogen) atoms. The molecule has 2 rings (SSSR count). The zero-order chi connectivity index (χ0) is 5.02. The highest BCUT2D eigenvalue weighted by molar-refractivity contribution is 5.07. The van der Waals surface area contributed by atoms with E-state index in [9.17, 15) is 0 Å². The second-order valence-corrected chi connectivity index (χ2v) is 2.91. The molecule has 0 saturated heterocycles. The van der Waals surface area contributed by atoms with Crippen molar-refractivity contribution in [1.29, 1.82) is 0 Å². The maximum Gasteiger partial charge on any atom is 0.0599 e. The average molecular weight is 98.1 g/mol. The van der Waals surface area contributed by atoms with Gasteiger partial charge in [-0.3, -0.25) is 0 Å². The Hall–Kier alpha value is -0.0400. The Morgan fingerprint density at radius 3 is 2.29 bits per heavy atom. The molecule has 0 aromatic heterocycles. The van der Waals surface area contributed by atoms with E-state index in [0.717, 1.165) is 11.8 Å². The first-order valence-corrected chi connectivity index (χ1v) is 2.99. The Morgan fingerprint density at radius 1 is 1.43 bits per heavy atom. The first kappa shape index (κ1) is 3.90. The van der Waals surface area contributed by atoms with Crippen LogP contribution in [-0.2, 0) is 0 Å². The molecule has 2 aliphatic carbocycles. The van der Waals surface area contributed by atoms with E-state index in [-0.39, 0.29) is 6.10 Å². The Kier molecular flexibility index (Phi) is 0.487. The van der Waals surface area contributed by atoms with Crippen molar-refractivity contribution in [3.63, 3.8) is 0 Å². The molecule has 1 N–H and O–H groups in total. The van der Waals surface area contributed by atoms with Gasteiger partial charge < -0.3 is 5.11 Å². The first-order chi connectivity index (χ1) is 3.30. The molecule has 0 heterocycles. The van der Waals surface area contributed by atoms with Crippen LogP contribution in [0.1, 0.15) is 13.3 Å². The normalized spacial score (nSPS) is 66.0. The van der Waals surface area contributed by atoms with E-state index in [1.54, 1.807) is 0 Å². The summed E-state index contributed by atoms with van der Waals surface area (Å²) in [7, 11) is 0. The summed E-state index contributed by atoms with van der Waals surface area (Å²) in [5.74, 6) is 2.29. The predicted molar refractivity (Wildman–Crippen MR) is 26.8 cm³/mol. The fourth-order valence-corrected chi connectivity index (χ4v) is 1.73. The van der Waals surface area contributed by atoms with Crippen LogP contribution in [0.25, 0.3) is 0 Å². The predicted octanol–water partition coefficient (Wildman–Crippen LogP) is 0.633. The van der Waals surface area contributed by atoms with E-state index in [2.05, 4.69) is 6.92 Å². The fraction of sp³-hybridized carbons (Fsp3) is 1.00. The van der Waals surface area contributed by atoms with Crippen molar-refractivity contribution in [1.82, 2.24) is 0 Å². The Balaban J connectivity index is 2.09. The van der Waals surface area contributed by atoms with Crippen molar-refractivity contribution in [3.8, 4) is 0 Å². The number of aliphatic hydroxyl groups excluding tert-OH is 1. The highest BCUT2D eigenvalue weighted by Crippen LogP contribution is 2.59. The topological polar surface area (TPSA) is 20.2 Å². The highest BCUT2D eigenvalue weighted by Gasteiger charge is 2.58. The molecule has 40 valence electrons. The minimum absolute atomic E-state index is 0.0741. The smallest absolute Gasteiger partial charge is 0.0599 e. The molecule has 0 amide bonds. The second-order valence-electron chi connectivity index (χ2n) is 2.91. The monoisotopic (exact) mass is 98.1 g/mol. The maximum absolute atomic E-state index is 9.03. The van der Waals surface area contributed by atoms with Crippen LogP contribution in [0.15, 0.2) is 0 Å². The lowest BCUT2D eigenvalue weighted by molar-refractivity contribution is 0.0208. The maximum atomic E-state index is 9.03. The molecule has 4 atom stereocenters. The van der Waals surface area contributed by atoms with Gasteiger partial charge in [0.05, 0.1) is 6.10 Å². The summed E-state index contributed by atoms with van der Waals surface area (Å²) >= 11 is 0. The van der Waals surface area contributed by atoms with Crippen LogP contribution in [0, 0.1) is 17.8 Å². The first-order valence-electron chi connectivity index (χ1n) is 2.99. The van der Waals surface area contributed by atoms with E-state index in [1.165, 1.54) is 6.42 Å². The summed E-state index contributed by atoms with van der Waals surface area (Å²) < 4.78 is 0. The van der Waals surface area contributed by atoms with Gasteiger partial charge in [-0.25, -0.2) is 0 Å². The van der Waals surface area contributed by atoms with Gasteiger partial charge in [-0.15, -0.1) is 0 Å². The van der Waals surface area contributed by atoms with Gasteiger partial charge in [0.25, 0.3) is 0 Å². The minimum atomic E-state index is 0.0741. The zero-order valence-electron chi connectivity index (χ0n) is 4.46. The molecular weight excluding hydrogens is 88.1 g/mol. The van der Waals surface area contributed by atoms with Gasteiger partial charge in [-0.2, -0.15) is 0 Å². The molecule has 0 aliphatic heterocycles. The molecular formula is C6H10O. The summed E-state index contributed by atoms with van der Waals surface area (Å²) in [5, 5.41) is 9.03. The number of hydrogen-bond donors (Lipinski definition) is 1. The largest absolute Gasteiger partial charge is 0.393 e. The Labute approximate surface area is 43.3 Å². The lowest BCUT2D eigenvalue weighted by Gasteiger charge is -2.27. The number of rotatable bonds is 0. The molecule has 2 fully saturated rings. The average Bonchev–Trinajstić information content (AvgIpc) is 2.39. The molecule has 1 nitrogen and oxygen atoms in total. The van der Waals surface area contributed by atoms with Gasteiger partial charge in [0.15, 0.2) is 0 Å². The molecule has 1 heteroatoms. The standard InChI is InChI=1S/C6H10O/c1-3-4-2-5(4)6(3)7/h3-7H,2H2,1H3. The van der Waals surface area contributed by atoms with E-state index >= 15 is 0 Å². The quantitative estimate of drug-likeness (QED) is 0.471. The molecule has 0 aromatic carbocycles. The molecule has 0 aromatic rings. The number of aliphatic hydroxyl groups is 1. The van der Waals surface area contributed by atoms with E-state index < -0.39 is 0 Å². The van der Waals surface area contributed by atoms with Crippen LogP contribution >= 0.6 is 0 Å². The number of hydrogen-bond acceptors (Lipinski definition) is 1. The fourth-order valence-electron chi connectivity index (χ4n) is 1.73. The SMILES string of the molecule is CC1C(O)C2CC12. The summed E-state index contributed by atoms with van der Waals surface area (Å²) in [6, 6.07) is 0. The van der Waals surface area contributed by atoms with Gasteiger partial charge in [0, 0.05) is 0 Å². The van der Waals surface area contributed by atoms with E-state index in [1.807, 2.05) is 0 Å². The van der Waals surface area contributed by atoms with Crippen LogP contribution in [0.3, 0.4) is 0 Å². The molecule has 2 saturated carbocycles. The van der Waals surface area contributed by atoms with E-state index in [0.29, 0.717) is 5.92 Å². The Bertz CT molecular complexity index is 88.4. The summed E-state index contributed by atoms with van der Waals surface area (Å²) in [4.78, 5) is 0. The molecule has 0 radical (unpaired) electrons. The third kappa shape index (κ3) is 0.290. The third-order valence-electron chi connectivity index (χ3n) is 2.54. The van der Waals surface area contributed by atoms with Gasteiger partial charge in [0.2, 0.25) is 0 Å². The van der Waals surface area contributed by atoms with Gasteiger partial charge in [-0.1, -0.05) is 6.92 Å². The molecule has 0 spiro atoms. The van der Waals surface area contributed by atoms with Crippen molar-refractivity contribution in [2.24, 2.45) is 17.8 Å². The van der Waals surface area contributed by atoms with Gasteiger partial charge in [0.1, 0.15) is 0 Å². The van der Waals surface area contributed by atoms with Crippen LogP contribution < -0.4 is 0 Å². The van der Waals surface area contributed by atoms with Gasteiger partial charge >= 0.3 is 0 Å². The highest BCUT2D eigenvalue weighted by atomic mass is 16.3. The molecule has 0 bridgehead atoms. The molecule has 2 aliphatic rings. The minimum Gasteiger partial charge on any atom is -0.393 e. The summed E-state index contributed by atoms with van der Waals surface area (Å²) in [6.45, 7) is 2.14. The van der Waals surface area contributed by atoms with Crippen LogP contribution in [0.5, 0.6) is 0 Å². The van der Waals surface area contributed by atoms with Crippen LogP contribution in [0.2, 0.25) is 0 Å². The van der Waals surface area contributed by atoms with Gasteiger partial charge in [-0.05, 0) is 24.2 Å². The van der Waals surface area contributed by atoms with E-state index in [4.69, 9.17) is 5.11 Å². The van der Waals surface area contributed by atoms with Crippen molar-refractivity contribution in [2.75, 3.05) is 0 Å². The lowest BCUT2D eigenvalue weighted by atomic mass is 9.84. The van der Waals surface area contributed by atoms with Crippen LogP contribution in [-0.4, -0.2) is 11.2 Å². The third-order valence-corrected chi connectivity index (χ3v) is 2.54. The molecule has 4 unspecified atom stereocenters. The second kappa shape index (κ2) is 0.873. The summed E-state index contributed by atoms with van der Waals surface area (Å²) in [5.41, 5.74) is 0. The van der Waals surface area contributed by atoms with Crippen molar-refractivity contribution in [3.05, 3.63) is 0 Å². The van der Waals surface area contributed by atoms with Crippen LogP contribution in [0.4, 0.5) is 0 Å². The number of fused-ring (bicyclic) bond motifs is 1. The lowest BCUT2D eigenvalue weighted by Crippen LogP contribution is -2.32. The van der Waals surface area contributed by atoms with Crippen molar-refractivity contribution in [2.45, 2.75) is 19.4 Å². The van der Waals surface area contributed by atoms with Crippen molar-refractivity contribution >= 4 is 0 Å². The van der Waals surface area contributed by atoms with Crippen molar-refractivity contribution < 1.29 is 5.11 Å². The Morgan fingerprint density at radius 2 is 2.14 bits per heavy atom. The zero-order valence-corrected chi connectivity index (χ0v) is 4.46. The summed E-state index contributed by atoms with van der Waals surface area (Å²) in [6.07, 6.45) is 1.38.